The summed E-state index contributed by atoms with van der Waals surface area (Å²) in [7, 11) is 0. The first-order valence-corrected chi connectivity index (χ1v) is 5.59. The lowest BCUT2D eigenvalue weighted by atomic mass is 9.88. The predicted octanol–water partition coefficient (Wildman–Crippen LogP) is 2.04. The zero-order valence-corrected chi connectivity index (χ0v) is 10.6. The van der Waals surface area contributed by atoms with Gasteiger partial charge in [-0.25, -0.2) is 4.98 Å². The van der Waals surface area contributed by atoms with Crippen molar-refractivity contribution in [1.82, 2.24) is 9.38 Å². The molecule has 0 unspecified atom stereocenters. The molecule has 0 fully saturated rings. The van der Waals surface area contributed by atoms with Gasteiger partial charge in [0.05, 0.1) is 5.69 Å². The molecule has 0 atom stereocenters. The van der Waals surface area contributed by atoms with Crippen LogP contribution in [0.3, 0.4) is 0 Å². The van der Waals surface area contributed by atoms with Gasteiger partial charge in [0.2, 0.25) is 0 Å². The first-order valence-electron chi connectivity index (χ1n) is 5.59. The molecule has 2 N–H and O–H groups in total. The average Bonchev–Trinajstić information content (AvgIpc) is 2.50. The number of nitrogens with zero attached hydrogens (tertiary/aromatic N) is 2. The van der Waals surface area contributed by atoms with Gasteiger partial charge in [-0.15, -0.1) is 0 Å². The molecule has 1 amide bonds. The summed E-state index contributed by atoms with van der Waals surface area (Å²) in [6.45, 7) is 8.18. The number of hydrogen-bond acceptors (Lipinski definition) is 2. The number of primary amides is 1. The molecule has 0 aliphatic carbocycles. The molecule has 17 heavy (non-hydrogen) atoms. The zero-order valence-electron chi connectivity index (χ0n) is 10.6. The lowest BCUT2D eigenvalue weighted by molar-refractivity contribution is 0.0994. The third-order valence-corrected chi connectivity index (χ3v) is 2.89. The Morgan fingerprint density at radius 1 is 1.35 bits per heavy atom. The van der Waals surface area contributed by atoms with Crippen molar-refractivity contribution in [3.8, 4) is 0 Å². The molecule has 2 aromatic rings. The second-order valence-electron chi connectivity index (χ2n) is 5.31. The molecule has 90 valence electrons. The molecule has 0 spiro atoms. The van der Waals surface area contributed by atoms with Crippen molar-refractivity contribution < 1.29 is 4.79 Å². The number of carbonyl (C=O) groups is 1. The van der Waals surface area contributed by atoms with Crippen molar-refractivity contribution in [2.24, 2.45) is 5.73 Å². The maximum Gasteiger partial charge on any atom is 0.267 e. The fourth-order valence-electron chi connectivity index (χ4n) is 1.90. The zero-order chi connectivity index (χ0) is 12.8. The van der Waals surface area contributed by atoms with E-state index in [1.807, 2.05) is 18.3 Å². The molecule has 2 rings (SSSR count). The highest BCUT2D eigenvalue weighted by molar-refractivity contribution is 5.93. The van der Waals surface area contributed by atoms with Crippen LogP contribution in [0.1, 0.15) is 42.5 Å². The summed E-state index contributed by atoms with van der Waals surface area (Å²) in [6, 6.07) is 3.95. The van der Waals surface area contributed by atoms with Crippen molar-refractivity contribution in [3.05, 3.63) is 35.3 Å². The van der Waals surface area contributed by atoms with E-state index in [0.717, 1.165) is 11.2 Å². The van der Waals surface area contributed by atoms with Crippen LogP contribution in [0, 0.1) is 6.92 Å². The van der Waals surface area contributed by atoms with E-state index in [1.54, 1.807) is 11.3 Å². The number of nitrogens with two attached hydrogens (primary N) is 1. The van der Waals surface area contributed by atoms with E-state index in [0.29, 0.717) is 11.4 Å². The second kappa shape index (κ2) is 3.58. The Bertz CT molecular complexity index is 590. The quantitative estimate of drug-likeness (QED) is 0.816. The molecular formula is C13H17N3O. The summed E-state index contributed by atoms with van der Waals surface area (Å²) in [5.41, 5.74) is 8.44. The van der Waals surface area contributed by atoms with Gasteiger partial charge in [0.25, 0.3) is 5.91 Å². The largest absolute Gasteiger partial charge is 0.364 e. The summed E-state index contributed by atoms with van der Waals surface area (Å²) in [5.74, 6) is -0.443. The smallest absolute Gasteiger partial charge is 0.267 e. The summed E-state index contributed by atoms with van der Waals surface area (Å²) in [6.07, 6.45) is 1.94. The van der Waals surface area contributed by atoms with E-state index in [4.69, 9.17) is 5.73 Å². The number of aryl methyl sites for hydroxylation is 1. The van der Waals surface area contributed by atoms with Crippen LogP contribution in [-0.4, -0.2) is 15.3 Å². The normalized spacial score (nSPS) is 12.0. The van der Waals surface area contributed by atoms with Gasteiger partial charge < -0.3 is 5.73 Å². The summed E-state index contributed by atoms with van der Waals surface area (Å²) >= 11 is 0. The Labute approximate surface area is 100 Å². The van der Waals surface area contributed by atoms with Gasteiger partial charge in [-0.2, -0.15) is 0 Å². The summed E-state index contributed by atoms with van der Waals surface area (Å²) < 4.78 is 1.78. The van der Waals surface area contributed by atoms with Crippen molar-refractivity contribution in [3.63, 3.8) is 0 Å². The van der Waals surface area contributed by atoms with E-state index in [-0.39, 0.29) is 5.41 Å². The molecule has 0 bridgehead atoms. The number of aromatic nitrogens is 2. The van der Waals surface area contributed by atoms with Gasteiger partial charge in [-0.05, 0) is 24.0 Å². The van der Waals surface area contributed by atoms with Crippen molar-refractivity contribution >= 4 is 11.6 Å². The monoisotopic (exact) mass is 231 g/mol. The van der Waals surface area contributed by atoms with Gasteiger partial charge in [-0.1, -0.05) is 26.8 Å². The number of imidazole rings is 1. The van der Waals surface area contributed by atoms with Gasteiger partial charge >= 0.3 is 0 Å². The molecule has 0 saturated heterocycles. The van der Waals surface area contributed by atoms with Gasteiger partial charge in [0.15, 0.2) is 0 Å². The Hall–Kier alpha value is -1.84. The maximum atomic E-state index is 11.4. The van der Waals surface area contributed by atoms with Crippen LogP contribution in [0.4, 0.5) is 0 Å². The van der Waals surface area contributed by atoms with Crippen molar-refractivity contribution in [1.29, 1.82) is 0 Å². The number of carbonyl (C=O) groups excluding carboxylic acids is 1. The number of pyridine rings is 1. The average molecular weight is 231 g/mol. The SMILES string of the molecule is Cc1nc2ccc(C(C)(C)C)cn2c1C(N)=O. The second-order valence-corrected chi connectivity index (χ2v) is 5.31. The van der Waals surface area contributed by atoms with Crippen LogP contribution in [0.5, 0.6) is 0 Å². The van der Waals surface area contributed by atoms with Crippen LogP contribution < -0.4 is 5.73 Å². The van der Waals surface area contributed by atoms with E-state index < -0.39 is 5.91 Å². The summed E-state index contributed by atoms with van der Waals surface area (Å²) in [5, 5.41) is 0. The maximum absolute atomic E-state index is 11.4. The molecule has 4 nitrogen and oxygen atoms in total. The Morgan fingerprint density at radius 3 is 2.53 bits per heavy atom. The number of fused-ring (bicyclic) bond motifs is 1. The van der Waals surface area contributed by atoms with E-state index in [2.05, 4.69) is 25.8 Å². The fraction of sp³-hybridized carbons (Fsp3) is 0.385. The van der Waals surface area contributed by atoms with Crippen LogP contribution in [0.15, 0.2) is 18.3 Å². The fourth-order valence-corrected chi connectivity index (χ4v) is 1.90. The first kappa shape index (κ1) is 11.6. The highest BCUT2D eigenvalue weighted by Gasteiger charge is 2.18. The van der Waals surface area contributed by atoms with Crippen molar-refractivity contribution in [2.75, 3.05) is 0 Å². The molecule has 4 heteroatoms. The minimum atomic E-state index is -0.443. The lowest BCUT2D eigenvalue weighted by Crippen LogP contribution is -2.17. The molecule has 2 heterocycles. The molecule has 0 radical (unpaired) electrons. The van der Waals surface area contributed by atoms with Crippen LogP contribution in [0.25, 0.3) is 5.65 Å². The Morgan fingerprint density at radius 2 is 2.00 bits per heavy atom. The topological polar surface area (TPSA) is 60.4 Å². The minimum Gasteiger partial charge on any atom is -0.364 e. The molecule has 0 saturated carbocycles. The molecular weight excluding hydrogens is 214 g/mol. The van der Waals surface area contributed by atoms with Crippen LogP contribution in [0.2, 0.25) is 0 Å². The Kier molecular flexibility index (Phi) is 2.45. The third kappa shape index (κ3) is 1.90. The van der Waals surface area contributed by atoms with Gasteiger partial charge in [0.1, 0.15) is 11.3 Å². The predicted molar refractivity (Wildman–Crippen MR) is 67.1 cm³/mol. The van der Waals surface area contributed by atoms with Crippen LogP contribution in [-0.2, 0) is 5.41 Å². The number of hydrogen-bond donors (Lipinski definition) is 1. The molecule has 0 aliphatic heterocycles. The number of amides is 1. The van der Waals surface area contributed by atoms with Gasteiger partial charge in [-0.3, -0.25) is 9.20 Å². The molecule has 0 aromatic carbocycles. The highest BCUT2D eigenvalue weighted by Crippen LogP contribution is 2.23. The van der Waals surface area contributed by atoms with Crippen LogP contribution >= 0.6 is 0 Å². The van der Waals surface area contributed by atoms with E-state index in [9.17, 15) is 4.79 Å². The molecule has 0 aliphatic rings. The standard InChI is InChI=1S/C13H17N3O/c1-8-11(12(14)17)16-7-9(13(2,3)4)5-6-10(16)15-8/h5-7H,1-4H3,(H2,14,17). The Balaban J connectivity index is 2.75. The van der Waals surface area contributed by atoms with E-state index in [1.165, 1.54) is 0 Å². The first-order chi connectivity index (χ1) is 7.80. The summed E-state index contributed by atoms with van der Waals surface area (Å²) in [4.78, 5) is 15.7. The minimum absolute atomic E-state index is 0.0290. The lowest BCUT2D eigenvalue weighted by Gasteiger charge is -2.19. The van der Waals surface area contributed by atoms with Crippen molar-refractivity contribution in [2.45, 2.75) is 33.1 Å². The third-order valence-electron chi connectivity index (χ3n) is 2.89. The highest BCUT2D eigenvalue weighted by atomic mass is 16.1. The van der Waals surface area contributed by atoms with Gasteiger partial charge in [0, 0.05) is 6.20 Å². The van der Waals surface area contributed by atoms with E-state index >= 15 is 0 Å². The number of rotatable bonds is 1. The molecule has 2 aromatic heterocycles.